The van der Waals surface area contributed by atoms with Gasteiger partial charge in [-0.25, -0.2) is 24.0 Å². The quantitative estimate of drug-likeness (QED) is 0.110. The average Bonchev–Trinajstić information content (AvgIpc) is 3.52. The van der Waals surface area contributed by atoms with E-state index in [2.05, 4.69) is 0 Å². The van der Waals surface area contributed by atoms with Gasteiger partial charge in [0.25, 0.3) is 0 Å². The van der Waals surface area contributed by atoms with Crippen LogP contribution in [0.5, 0.6) is 0 Å². The first-order chi connectivity index (χ1) is 25.4. The van der Waals surface area contributed by atoms with Crippen LogP contribution in [-0.2, 0) is 28.4 Å². The Morgan fingerprint density at radius 1 is 0.442 bits per heavy atom. The first kappa shape index (κ1) is 35.2. The third-order valence-corrected chi connectivity index (χ3v) is 7.97. The summed E-state index contributed by atoms with van der Waals surface area (Å²) >= 11 is 0. The van der Waals surface area contributed by atoms with Crippen LogP contribution in [0.4, 0.5) is 0 Å². The first-order valence-electron chi connectivity index (χ1n) is 16.3. The number of hydrogen-bond acceptors (Lipinski definition) is 11. The van der Waals surface area contributed by atoms with Gasteiger partial charge in [-0.05, 0) is 60.7 Å². The van der Waals surface area contributed by atoms with E-state index in [-0.39, 0.29) is 27.8 Å². The normalized spacial score (nSPS) is 18.3. The lowest BCUT2D eigenvalue weighted by molar-refractivity contribution is -0.156. The van der Waals surface area contributed by atoms with Crippen molar-refractivity contribution in [3.63, 3.8) is 0 Å². The lowest BCUT2D eigenvalue weighted by Gasteiger charge is -2.28. The zero-order valence-corrected chi connectivity index (χ0v) is 27.5. The predicted octanol–water partition coefficient (Wildman–Crippen LogP) is 6.10. The maximum Gasteiger partial charge on any atom is 0.340 e. The van der Waals surface area contributed by atoms with Gasteiger partial charge in [-0.2, -0.15) is 0 Å². The van der Waals surface area contributed by atoms with Crippen LogP contribution in [0.1, 0.15) is 51.8 Å². The van der Waals surface area contributed by atoms with E-state index < -0.39 is 67.2 Å². The Morgan fingerprint density at radius 2 is 0.788 bits per heavy atom. The van der Waals surface area contributed by atoms with E-state index in [1.165, 1.54) is 48.5 Å². The molecule has 5 aromatic carbocycles. The topological polar surface area (TPSA) is 141 Å². The summed E-state index contributed by atoms with van der Waals surface area (Å²) in [4.78, 5) is 67.0. The largest absolute Gasteiger partial charge is 0.458 e. The zero-order valence-electron chi connectivity index (χ0n) is 27.5. The van der Waals surface area contributed by atoms with Crippen molar-refractivity contribution in [2.24, 2.45) is 0 Å². The number of hydrogen-bond donors (Lipinski definition) is 0. The molecule has 0 aromatic heterocycles. The second-order valence-corrected chi connectivity index (χ2v) is 11.5. The molecule has 11 heteroatoms. The van der Waals surface area contributed by atoms with Crippen molar-refractivity contribution in [3.05, 3.63) is 179 Å². The molecule has 0 unspecified atom stereocenters. The number of ether oxygens (including phenoxy) is 6. The highest BCUT2D eigenvalue weighted by atomic mass is 16.8. The van der Waals surface area contributed by atoms with Crippen LogP contribution in [0.15, 0.2) is 152 Å². The monoisotopic (exact) mass is 700 g/mol. The van der Waals surface area contributed by atoms with Crippen molar-refractivity contribution in [1.82, 2.24) is 0 Å². The summed E-state index contributed by atoms with van der Waals surface area (Å²) in [5.41, 5.74) is 0.837. The van der Waals surface area contributed by atoms with Crippen LogP contribution in [0, 0.1) is 0 Å². The highest BCUT2D eigenvalue weighted by Crippen LogP contribution is 2.33. The highest BCUT2D eigenvalue weighted by Gasteiger charge is 2.56. The molecule has 1 saturated heterocycles. The van der Waals surface area contributed by atoms with E-state index in [1.807, 2.05) is 0 Å². The number of carbonyl (C=O) groups is 5. The highest BCUT2D eigenvalue weighted by molar-refractivity contribution is 5.92. The van der Waals surface area contributed by atoms with E-state index in [1.54, 1.807) is 103 Å². The van der Waals surface area contributed by atoms with Crippen molar-refractivity contribution in [1.29, 1.82) is 0 Å². The lowest BCUT2D eigenvalue weighted by Crippen LogP contribution is -2.47. The van der Waals surface area contributed by atoms with Gasteiger partial charge in [0, 0.05) is 0 Å². The summed E-state index contributed by atoms with van der Waals surface area (Å²) in [7, 11) is 0. The Hall–Kier alpha value is -6.59. The minimum Gasteiger partial charge on any atom is -0.458 e. The summed E-state index contributed by atoms with van der Waals surface area (Å²) < 4.78 is 35.3. The van der Waals surface area contributed by atoms with Crippen molar-refractivity contribution < 1.29 is 52.4 Å². The van der Waals surface area contributed by atoms with Gasteiger partial charge in [0.15, 0.2) is 12.2 Å². The molecule has 1 fully saturated rings. The SMILES string of the molecule is O=C(OC[C@@H](OC(=O)c1ccccc1)[C@@H]1O[C@H](OC(=O)c2ccccc2)[C@H](OC(=O)c2ccccc2)[C@H]1OC(=O)c1ccccc1)c1ccccc1. The summed E-state index contributed by atoms with van der Waals surface area (Å²) in [5, 5.41) is 0. The van der Waals surface area contributed by atoms with E-state index in [4.69, 9.17) is 28.4 Å². The van der Waals surface area contributed by atoms with E-state index in [0.29, 0.717) is 0 Å². The predicted molar refractivity (Wildman–Crippen MR) is 184 cm³/mol. The summed E-state index contributed by atoms with van der Waals surface area (Å²) in [6.45, 7) is -0.588. The molecule has 262 valence electrons. The fourth-order valence-electron chi connectivity index (χ4n) is 5.37. The number of rotatable bonds is 12. The molecule has 5 atom stereocenters. The Morgan fingerprint density at radius 3 is 1.21 bits per heavy atom. The smallest absolute Gasteiger partial charge is 0.340 e. The van der Waals surface area contributed by atoms with Crippen molar-refractivity contribution in [2.75, 3.05) is 6.61 Å². The van der Waals surface area contributed by atoms with Crippen LogP contribution in [0.2, 0.25) is 0 Å². The van der Waals surface area contributed by atoms with Gasteiger partial charge >= 0.3 is 29.8 Å². The zero-order chi connectivity index (χ0) is 36.3. The minimum atomic E-state index is -1.68. The second kappa shape index (κ2) is 16.9. The van der Waals surface area contributed by atoms with Gasteiger partial charge in [0.05, 0.1) is 27.8 Å². The third kappa shape index (κ3) is 8.76. The van der Waals surface area contributed by atoms with Gasteiger partial charge in [-0.3, -0.25) is 0 Å². The molecule has 11 nitrogen and oxygen atoms in total. The summed E-state index contributed by atoms with van der Waals surface area (Å²) in [6, 6.07) is 40.1. The molecule has 0 amide bonds. The van der Waals surface area contributed by atoms with Crippen LogP contribution < -0.4 is 0 Å². The summed E-state index contributed by atoms with van der Waals surface area (Å²) in [6.07, 6.45) is -7.79. The number of benzene rings is 5. The maximum absolute atomic E-state index is 13.6. The van der Waals surface area contributed by atoms with Crippen molar-refractivity contribution in [3.8, 4) is 0 Å². The third-order valence-electron chi connectivity index (χ3n) is 7.97. The first-order valence-corrected chi connectivity index (χ1v) is 16.3. The second-order valence-electron chi connectivity index (χ2n) is 11.5. The Balaban J connectivity index is 1.38. The molecular formula is C41H32O11. The molecule has 1 heterocycles. The van der Waals surface area contributed by atoms with Gasteiger partial charge < -0.3 is 28.4 Å². The van der Waals surface area contributed by atoms with Crippen molar-refractivity contribution in [2.45, 2.75) is 30.7 Å². The molecule has 0 bridgehead atoms. The molecule has 5 aromatic rings. The molecule has 52 heavy (non-hydrogen) atoms. The number of esters is 5. The minimum absolute atomic E-state index is 0.146. The van der Waals surface area contributed by atoms with Crippen LogP contribution >= 0.6 is 0 Å². The molecule has 1 aliphatic rings. The van der Waals surface area contributed by atoms with E-state index in [0.717, 1.165) is 0 Å². The standard InChI is InChI=1S/C41H32O11/c42-36(27-16-6-1-7-17-27)47-26-32(48-37(43)28-18-8-2-9-19-28)33-34(49-38(44)29-20-10-3-11-21-29)35(50-39(45)30-22-12-4-13-23-30)41(51-33)52-40(46)31-24-14-5-15-25-31/h1-25,32-35,41H,26H2/t32-,33+,34+,35-,41-/m1/s1. The molecule has 0 radical (unpaired) electrons. The molecular weight excluding hydrogens is 668 g/mol. The molecule has 0 N–H and O–H groups in total. The average molecular weight is 701 g/mol. The van der Waals surface area contributed by atoms with E-state index >= 15 is 0 Å². The lowest BCUT2D eigenvalue weighted by atomic mass is 10.0. The molecule has 0 saturated carbocycles. The van der Waals surface area contributed by atoms with Gasteiger partial charge in [-0.1, -0.05) is 91.0 Å². The Labute approximate surface area is 298 Å². The Bertz CT molecular complexity index is 1970. The van der Waals surface area contributed by atoms with Gasteiger partial charge in [0.2, 0.25) is 12.4 Å². The van der Waals surface area contributed by atoms with Gasteiger partial charge in [0.1, 0.15) is 12.7 Å². The van der Waals surface area contributed by atoms with Gasteiger partial charge in [-0.15, -0.1) is 0 Å². The van der Waals surface area contributed by atoms with E-state index in [9.17, 15) is 24.0 Å². The summed E-state index contributed by atoms with van der Waals surface area (Å²) in [5.74, 6) is -4.08. The molecule has 0 aliphatic carbocycles. The molecule has 6 rings (SSSR count). The molecule has 0 spiro atoms. The fourth-order valence-corrected chi connectivity index (χ4v) is 5.37. The molecule has 1 aliphatic heterocycles. The van der Waals surface area contributed by atoms with Crippen molar-refractivity contribution >= 4 is 29.8 Å². The van der Waals surface area contributed by atoms with Crippen LogP contribution in [0.3, 0.4) is 0 Å². The Kier molecular flexibility index (Phi) is 11.4. The fraction of sp³-hybridized carbons (Fsp3) is 0.146. The number of carbonyl (C=O) groups excluding carboxylic acids is 5. The van der Waals surface area contributed by atoms with Crippen LogP contribution in [0.25, 0.3) is 0 Å². The van der Waals surface area contributed by atoms with Crippen LogP contribution in [-0.4, -0.2) is 67.2 Å². The maximum atomic E-state index is 13.6.